The summed E-state index contributed by atoms with van der Waals surface area (Å²) in [6.45, 7) is 14.7. The lowest BCUT2D eigenvalue weighted by Crippen LogP contribution is -2.35. The average molecular weight is 369 g/mol. The lowest BCUT2D eigenvalue weighted by molar-refractivity contribution is -0.133. The van der Waals surface area contributed by atoms with Crippen molar-refractivity contribution in [2.75, 3.05) is 6.61 Å². The van der Waals surface area contributed by atoms with Gasteiger partial charge >= 0.3 is 0 Å². The molecule has 0 aromatic rings. The molecule has 1 aliphatic rings. The average Bonchev–Trinajstić information content (AvgIpc) is 3.10. The van der Waals surface area contributed by atoms with Crippen LogP contribution in [-0.2, 0) is 9.47 Å². The van der Waals surface area contributed by atoms with Crippen LogP contribution in [0, 0.1) is 17.8 Å². The van der Waals surface area contributed by atoms with Gasteiger partial charge in [-0.15, -0.1) is 0 Å². The Labute approximate surface area is 164 Å². The third kappa shape index (κ3) is 7.50. The summed E-state index contributed by atoms with van der Waals surface area (Å²) in [6, 6.07) is 0. The van der Waals surface area contributed by atoms with Crippen LogP contribution in [0.3, 0.4) is 0 Å². The standard InChI is InChI=1S/C24H48O2/c1-7-13-15-20(9-3)17-22(11-5)23-25-19-24(12-6,26-23)18-21(10-4)16-14-8-2/h20-23H,7-19H2,1-6H3. The first-order chi connectivity index (χ1) is 12.6. The monoisotopic (exact) mass is 368 g/mol. The van der Waals surface area contributed by atoms with E-state index in [1.54, 1.807) is 0 Å². The molecule has 0 bridgehead atoms. The normalized spacial score (nSPS) is 26.8. The quantitative estimate of drug-likeness (QED) is 0.294. The van der Waals surface area contributed by atoms with E-state index in [1.807, 2.05) is 0 Å². The Hall–Kier alpha value is -0.0800. The van der Waals surface area contributed by atoms with Crippen molar-refractivity contribution in [2.45, 2.75) is 130 Å². The molecule has 0 amide bonds. The molecule has 2 nitrogen and oxygen atoms in total. The summed E-state index contributed by atoms with van der Waals surface area (Å²) in [5.74, 6) is 2.17. The van der Waals surface area contributed by atoms with Crippen LogP contribution >= 0.6 is 0 Å². The molecule has 5 unspecified atom stereocenters. The fraction of sp³-hybridized carbons (Fsp3) is 1.00. The zero-order valence-corrected chi connectivity index (χ0v) is 18.8. The molecule has 1 aliphatic heterocycles. The molecule has 2 heteroatoms. The fourth-order valence-electron chi connectivity index (χ4n) is 4.57. The van der Waals surface area contributed by atoms with E-state index in [1.165, 1.54) is 70.6 Å². The SMILES string of the molecule is CCCCC(CC)CC(CC)C1OCC(CC)(CC(CC)CCCC)O1. The van der Waals surface area contributed by atoms with E-state index in [0.717, 1.165) is 24.9 Å². The highest BCUT2D eigenvalue weighted by Gasteiger charge is 2.43. The van der Waals surface area contributed by atoms with Crippen LogP contribution in [0.2, 0.25) is 0 Å². The van der Waals surface area contributed by atoms with Gasteiger partial charge in [0.2, 0.25) is 0 Å². The van der Waals surface area contributed by atoms with Gasteiger partial charge in [-0.25, -0.2) is 0 Å². The molecular formula is C24H48O2. The molecule has 0 aliphatic carbocycles. The minimum Gasteiger partial charge on any atom is -0.349 e. The second kappa shape index (κ2) is 13.2. The zero-order valence-electron chi connectivity index (χ0n) is 18.8. The van der Waals surface area contributed by atoms with Crippen LogP contribution in [0.1, 0.15) is 119 Å². The molecule has 156 valence electrons. The van der Waals surface area contributed by atoms with E-state index < -0.39 is 0 Å². The summed E-state index contributed by atoms with van der Waals surface area (Å²) in [5, 5.41) is 0. The predicted molar refractivity (Wildman–Crippen MR) is 113 cm³/mol. The van der Waals surface area contributed by atoms with Gasteiger partial charge in [0.25, 0.3) is 0 Å². The van der Waals surface area contributed by atoms with Gasteiger partial charge in [-0.3, -0.25) is 0 Å². The molecule has 26 heavy (non-hydrogen) atoms. The molecule has 0 spiro atoms. The van der Waals surface area contributed by atoms with Crippen molar-refractivity contribution in [3.63, 3.8) is 0 Å². The van der Waals surface area contributed by atoms with Gasteiger partial charge in [-0.2, -0.15) is 0 Å². The lowest BCUT2D eigenvalue weighted by Gasteiger charge is -2.32. The first kappa shape index (κ1) is 24.0. The maximum absolute atomic E-state index is 6.69. The molecule has 0 N–H and O–H groups in total. The minimum atomic E-state index is -0.0301. The zero-order chi connectivity index (χ0) is 19.4. The van der Waals surface area contributed by atoms with E-state index in [4.69, 9.17) is 9.47 Å². The molecule has 0 radical (unpaired) electrons. The lowest BCUT2D eigenvalue weighted by atomic mass is 9.84. The van der Waals surface area contributed by atoms with Crippen molar-refractivity contribution in [3.8, 4) is 0 Å². The van der Waals surface area contributed by atoms with Crippen molar-refractivity contribution in [3.05, 3.63) is 0 Å². The van der Waals surface area contributed by atoms with Gasteiger partial charge in [0.15, 0.2) is 6.29 Å². The van der Waals surface area contributed by atoms with E-state index >= 15 is 0 Å². The fourth-order valence-corrected chi connectivity index (χ4v) is 4.57. The minimum absolute atomic E-state index is 0.0271. The van der Waals surface area contributed by atoms with Crippen LogP contribution in [0.4, 0.5) is 0 Å². The summed E-state index contributed by atoms with van der Waals surface area (Å²) in [7, 11) is 0. The Kier molecular flexibility index (Phi) is 12.1. The van der Waals surface area contributed by atoms with Gasteiger partial charge in [-0.1, -0.05) is 92.9 Å². The number of rotatable bonds is 15. The van der Waals surface area contributed by atoms with E-state index in [0.29, 0.717) is 5.92 Å². The van der Waals surface area contributed by atoms with Gasteiger partial charge in [0, 0.05) is 5.92 Å². The topological polar surface area (TPSA) is 18.5 Å². The van der Waals surface area contributed by atoms with Gasteiger partial charge in [-0.05, 0) is 37.5 Å². The Morgan fingerprint density at radius 1 is 0.846 bits per heavy atom. The predicted octanol–water partition coefficient (Wildman–Crippen LogP) is 7.75. The van der Waals surface area contributed by atoms with Crippen LogP contribution in [-0.4, -0.2) is 18.5 Å². The summed E-state index contributed by atoms with van der Waals surface area (Å²) in [5.41, 5.74) is -0.0301. The number of unbranched alkanes of at least 4 members (excludes halogenated alkanes) is 2. The molecule has 1 heterocycles. The van der Waals surface area contributed by atoms with Crippen molar-refractivity contribution >= 4 is 0 Å². The molecule has 1 fully saturated rings. The maximum Gasteiger partial charge on any atom is 0.161 e. The van der Waals surface area contributed by atoms with Crippen LogP contribution in [0.25, 0.3) is 0 Å². The first-order valence-electron chi connectivity index (χ1n) is 11.9. The summed E-state index contributed by atoms with van der Waals surface area (Å²) >= 11 is 0. The van der Waals surface area contributed by atoms with Gasteiger partial charge in [0.05, 0.1) is 12.2 Å². The van der Waals surface area contributed by atoms with Crippen molar-refractivity contribution < 1.29 is 9.47 Å². The van der Waals surface area contributed by atoms with E-state index in [-0.39, 0.29) is 11.9 Å². The second-order valence-corrected chi connectivity index (χ2v) is 8.77. The Bertz CT molecular complexity index is 343. The Morgan fingerprint density at radius 3 is 1.96 bits per heavy atom. The van der Waals surface area contributed by atoms with Crippen molar-refractivity contribution in [1.82, 2.24) is 0 Å². The third-order valence-corrected chi connectivity index (χ3v) is 6.81. The van der Waals surface area contributed by atoms with E-state index in [2.05, 4.69) is 41.5 Å². The summed E-state index contributed by atoms with van der Waals surface area (Å²) in [6.07, 6.45) is 15.3. The summed E-state index contributed by atoms with van der Waals surface area (Å²) in [4.78, 5) is 0. The highest BCUT2D eigenvalue weighted by Crippen LogP contribution is 2.39. The summed E-state index contributed by atoms with van der Waals surface area (Å²) < 4.78 is 13.0. The Morgan fingerprint density at radius 2 is 1.46 bits per heavy atom. The van der Waals surface area contributed by atoms with Crippen molar-refractivity contribution in [1.29, 1.82) is 0 Å². The van der Waals surface area contributed by atoms with Gasteiger partial charge in [0.1, 0.15) is 0 Å². The molecule has 1 rings (SSSR count). The maximum atomic E-state index is 6.69. The third-order valence-electron chi connectivity index (χ3n) is 6.81. The number of ether oxygens (including phenoxy) is 2. The highest BCUT2D eigenvalue weighted by atomic mass is 16.7. The number of hydrogen-bond acceptors (Lipinski definition) is 2. The van der Waals surface area contributed by atoms with Crippen molar-refractivity contribution in [2.24, 2.45) is 17.8 Å². The Balaban J connectivity index is 2.65. The van der Waals surface area contributed by atoms with E-state index in [9.17, 15) is 0 Å². The largest absolute Gasteiger partial charge is 0.349 e. The van der Waals surface area contributed by atoms with Gasteiger partial charge < -0.3 is 9.47 Å². The second-order valence-electron chi connectivity index (χ2n) is 8.77. The highest BCUT2D eigenvalue weighted by molar-refractivity contribution is 4.88. The van der Waals surface area contributed by atoms with Crippen LogP contribution in [0.5, 0.6) is 0 Å². The molecule has 0 aromatic heterocycles. The molecule has 1 saturated heterocycles. The smallest absolute Gasteiger partial charge is 0.161 e. The molecule has 0 saturated carbocycles. The molecule has 0 aromatic carbocycles. The molecule has 5 atom stereocenters. The molecular weight excluding hydrogens is 320 g/mol. The van der Waals surface area contributed by atoms with Crippen LogP contribution < -0.4 is 0 Å². The van der Waals surface area contributed by atoms with Crippen LogP contribution in [0.15, 0.2) is 0 Å². The first-order valence-corrected chi connectivity index (χ1v) is 11.9. The number of hydrogen-bond donors (Lipinski definition) is 0.